The Morgan fingerprint density at radius 2 is 1.59 bits per heavy atom. The molecule has 7 nitrogen and oxygen atoms in total. The zero-order chi connectivity index (χ0) is 28.7. The zero-order valence-corrected chi connectivity index (χ0v) is 24.6. The highest BCUT2D eigenvalue weighted by molar-refractivity contribution is 7.92. The van der Waals surface area contributed by atoms with Crippen LogP contribution in [0.15, 0.2) is 77.7 Å². The lowest BCUT2D eigenvalue weighted by molar-refractivity contribution is -0.140. The van der Waals surface area contributed by atoms with Crippen LogP contribution in [0, 0.1) is 13.8 Å². The molecule has 0 aliphatic carbocycles. The van der Waals surface area contributed by atoms with E-state index in [1.165, 1.54) is 17.0 Å². The number of rotatable bonds is 11. The molecule has 0 aliphatic rings. The molecule has 208 valence electrons. The molecule has 0 fully saturated rings. The predicted molar refractivity (Wildman–Crippen MR) is 156 cm³/mol. The van der Waals surface area contributed by atoms with Gasteiger partial charge in [0.05, 0.1) is 10.6 Å². The number of hydrogen-bond donors (Lipinski definition) is 1. The highest BCUT2D eigenvalue weighted by atomic mass is 35.5. The van der Waals surface area contributed by atoms with E-state index in [2.05, 4.69) is 5.32 Å². The fourth-order valence-corrected chi connectivity index (χ4v) is 5.92. The van der Waals surface area contributed by atoms with Crippen molar-refractivity contribution in [1.29, 1.82) is 0 Å². The van der Waals surface area contributed by atoms with Crippen LogP contribution in [0.5, 0.6) is 0 Å². The second kappa shape index (κ2) is 13.1. The van der Waals surface area contributed by atoms with Crippen LogP contribution in [0.25, 0.3) is 0 Å². The molecule has 0 saturated heterocycles. The zero-order valence-electron chi connectivity index (χ0n) is 23.0. The fraction of sp³-hybridized carbons (Fsp3) is 0.333. The van der Waals surface area contributed by atoms with Gasteiger partial charge >= 0.3 is 0 Å². The molecule has 0 unspecified atom stereocenters. The van der Waals surface area contributed by atoms with Crippen molar-refractivity contribution < 1.29 is 18.0 Å². The summed E-state index contributed by atoms with van der Waals surface area (Å²) in [4.78, 5) is 28.7. The first kappa shape index (κ1) is 30.2. The maximum absolute atomic E-state index is 14.1. The van der Waals surface area contributed by atoms with Crippen molar-refractivity contribution in [3.63, 3.8) is 0 Å². The van der Waals surface area contributed by atoms with Gasteiger partial charge in [0, 0.05) is 17.6 Å². The molecule has 1 N–H and O–H groups in total. The number of hydrogen-bond acceptors (Lipinski definition) is 4. The lowest BCUT2D eigenvalue weighted by Gasteiger charge is -2.34. The summed E-state index contributed by atoms with van der Waals surface area (Å²) in [6, 6.07) is 19.8. The van der Waals surface area contributed by atoms with Gasteiger partial charge in [0.2, 0.25) is 11.8 Å². The molecule has 0 radical (unpaired) electrons. The smallest absolute Gasteiger partial charge is 0.264 e. The van der Waals surface area contributed by atoms with Gasteiger partial charge in [0.15, 0.2) is 0 Å². The SMILES string of the molecule is CC[C@@H](C(=O)NC(C)C)N(Cc1ccccc1)C(=O)CN(c1cc(Cl)ccc1C)S(=O)(=O)c1ccc(C)cc1. The number of sulfonamides is 1. The van der Waals surface area contributed by atoms with Crippen LogP contribution in [-0.4, -0.2) is 43.8 Å². The Balaban J connectivity index is 2.09. The standard InChI is InChI=1S/C30H36ClN3O4S/c1-6-27(30(36)32-21(2)3)33(19-24-10-8-7-9-11-24)29(35)20-34(28-18-25(31)15-14-23(28)5)39(37,38)26-16-12-22(4)13-17-26/h7-18,21,27H,6,19-20H2,1-5H3,(H,32,36)/t27-/m0/s1. The van der Waals surface area contributed by atoms with Gasteiger partial charge in [0.1, 0.15) is 12.6 Å². The van der Waals surface area contributed by atoms with E-state index in [1.807, 2.05) is 58.0 Å². The van der Waals surface area contributed by atoms with E-state index in [4.69, 9.17) is 11.6 Å². The average Bonchev–Trinajstić information content (AvgIpc) is 2.89. The summed E-state index contributed by atoms with van der Waals surface area (Å²) in [7, 11) is -4.16. The third-order valence-corrected chi connectivity index (χ3v) is 8.35. The third-order valence-electron chi connectivity index (χ3n) is 6.34. The number of aryl methyl sites for hydroxylation is 2. The summed E-state index contributed by atoms with van der Waals surface area (Å²) in [5.41, 5.74) is 2.68. The first-order valence-corrected chi connectivity index (χ1v) is 14.7. The Morgan fingerprint density at radius 3 is 2.18 bits per heavy atom. The Labute approximate surface area is 236 Å². The minimum absolute atomic E-state index is 0.0551. The summed E-state index contributed by atoms with van der Waals surface area (Å²) in [5, 5.41) is 3.24. The number of benzene rings is 3. The van der Waals surface area contributed by atoms with Crippen LogP contribution in [0.4, 0.5) is 5.69 Å². The summed E-state index contributed by atoms with van der Waals surface area (Å²) >= 11 is 6.28. The Hall–Kier alpha value is -3.36. The van der Waals surface area contributed by atoms with Crippen molar-refractivity contribution in [2.75, 3.05) is 10.8 Å². The second-order valence-electron chi connectivity index (χ2n) is 9.85. The van der Waals surface area contributed by atoms with E-state index in [-0.39, 0.29) is 23.4 Å². The van der Waals surface area contributed by atoms with Crippen LogP contribution in [0.3, 0.4) is 0 Å². The molecule has 1 atom stereocenters. The molecule has 3 rings (SSSR count). The van der Waals surface area contributed by atoms with Crippen molar-refractivity contribution >= 4 is 39.1 Å². The highest BCUT2D eigenvalue weighted by Crippen LogP contribution is 2.30. The molecule has 2 amide bonds. The molecule has 0 bridgehead atoms. The van der Waals surface area contributed by atoms with E-state index < -0.39 is 28.5 Å². The number of nitrogens with zero attached hydrogens (tertiary/aromatic N) is 2. The van der Waals surface area contributed by atoms with Crippen LogP contribution in [0.1, 0.15) is 43.9 Å². The molecule has 0 saturated carbocycles. The summed E-state index contributed by atoms with van der Waals surface area (Å²) in [6.07, 6.45) is 0.359. The van der Waals surface area contributed by atoms with Crippen molar-refractivity contribution in [2.24, 2.45) is 0 Å². The molecule has 0 spiro atoms. The van der Waals surface area contributed by atoms with Gasteiger partial charge in [-0.2, -0.15) is 0 Å². The molecule has 39 heavy (non-hydrogen) atoms. The summed E-state index contributed by atoms with van der Waals surface area (Å²) in [6.45, 7) is 8.81. The van der Waals surface area contributed by atoms with E-state index in [0.717, 1.165) is 15.4 Å². The van der Waals surface area contributed by atoms with E-state index in [1.54, 1.807) is 37.3 Å². The van der Waals surface area contributed by atoms with Gasteiger partial charge in [-0.1, -0.05) is 72.6 Å². The van der Waals surface area contributed by atoms with Crippen molar-refractivity contribution in [2.45, 2.75) is 64.6 Å². The molecule has 0 aliphatic heterocycles. The Morgan fingerprint density at radius 1 is 0.949 bits per heavy atom. The maximum atomic E-state index is 14.1. The number of halogens is 1. The number of carbonyl (C=O) groups is 2. The van der Waals surface area contributed by atoms with Crippen LogP contribution >= 0.6 is 11.6 Å². The van der Waals surface area contributed by atoms with Crippen molar-refractivity contribution in [1.82, 2.24) is 10.2 Å². The number of carbonyl (C=O) groups excluding carboxylic acids is 2. The Bertz CT molecular complexity index is 1390. The first-order chi connectivity index (χ1) is 18.4. The van der Waals surface area contributed by atoms with Crippen LogP contribution in [-0.2, 0) is 26.2 Å². The summed E-state index contributed by atoms with van der Waals surface area (Å²) < 4.78 is 29.0. The molecule has 3 aromatic rings. The minimum Gasteiger partial charge on any atom is -0.352 e. The normalized spacial score (nSPS) is 12.2. The van der Waals surface area contributed by atoms with Crippen LogP contribution < -0.4 is 9.62 Å². The lowest BCUT2D eigenvalue weighted by atomic mass is 10.1. The first-order valence-electron chi connectivity index (χ1n) is 12.9. The molecule has 9 heteroatoms. The largest absolute Gasteiger partial charge is 0.352 e. The van der Waals surface area contributed by atoms with Gasteiger partial charge in [0.25, 0.3) is 10.0 Å². The van der Waals surface area contributed by atoms with Crippen LogP contribution in [0.2, 0.25) is 5.02 Å². The monoisotopic (exact) mass is 569 g/mol. The second-order valence-corrected chi connectivity index (χ2v) is 12.1. The fourth-order valence-electron chi connectivity index (χ4n) is 4.28. The topological polar surface area (TPSA) is 86.8 Å². The van der Waals surface area contributed by atoms with Crippen molar-refractivity contribution in [3.05, 3.63) is 94.5 Å². The van der Waals surface area contributed by atoms with Gasteiger partial charge in [-0.15, -0.1) is 0 Å². The minimum atomic E-state index is -4.16. The quantitative estimate of drug-likeness (QED) is 0.331. The molecular formula is C30H36ClN3O4S. The molecule has 3 aromatic carbocycles. The maximum Gasteiger partial charge on any atom is 0.264 e. The lowest BCUT2D eigenvalue weighted by Crippen LogP contribution is -2.53. The molecular weight excluding hydrogens is 534 g/mol. The highest BCUT2D eigenvalue weighted by Gasteiger charge is 2.34. The van der Waals surface area contributed by atoms with Gasteiger partial charge in [-0.3, -0.25) is 13.9 Å². The molecule has 0 heterocycles. The third kappa shape index (κ3) is 7.61. The van der Waals surface area contributed by atoms with Gasteiger partial charge in [-0.05, 0) is 69.5 Å². The van der Waals surface area contributed by atoms with Crippen molar-refractivity contribution in [3.8, 4) is 0 Å². The Kier molecular flexibility index (Phi) is 10.2. The van der Waals surface area contributed by atoms with E-state index in [0.29, 0.717) is 22.7 Å². The van der Waals surface area contributed by atoms with Gasteiger partial charge in [-0.25, -0.2) is 8.42 Å². The number of amides is 2. The average molecular weight is 570 g/mol. The summed E-state index contributed by atoms with van der Waals surface area (Å²) in [5.74, 6) is -0.789. The predicted octanol–water partition coefficient (Wildman–Crippen LogP) is 5.48. The van der Waals surface area contributed by atoms with Gasteiger partial charge < -0.3 is 10.2 Å². The molecule has 0 aromatic heterocycles. The number of anilines is 1. The number of nitrogens with one attached hydrogen (secondary N) is 1. The van der Waals surface area contributed by atoms with E-state index >= 15 is 0 Å². The van der Waals surface area contributed by atoms with E-state index in [9.17, 15) is 18.0 Å².